The average Bonchev–Trinajstić information content (AvgIpc) is 2.71. The molecule has 0 aliphatic rings. The number of ether oxygens (including phenoxy) is 2. The highest BCUT2D eigenvalue weighted by atomic mass is 16.6. The van der Waals surface area contributed by atoms with Gasteiger partial charge in [-0.3, -0.25) is 0 Å². The molecule has 98 valence electrons. The van der Waals surface area contributed by atoms with E-state index in [-0.39, 0.29) is 0 Å². The molecule has 1 aromatic heterocycles. The molecule has 1 aromatic rings. The van der Waals surface area contributed by atoms with Crippen LogP contribution in [0.1, 0.15) is 36.8 Å². The molecule has 5 heteroatoms. The largest absolute Gasteiger partial charge is 0.464 e. The molecule has 0 radical (unpaired) electrons. The number of hydrogen-bond acceptors (Lipinski definition) is 4. The monoisotopic (exact) mass is 251 g/mol. The number of carbonyl (C=O) groups is 2. The van der Waals surface area contributed by atoms with Crippen molar-refractivity contribution in [1.29, 1.82) is 0 Å². The van der Waals surface area contributed by atoms with Crippen LogP contribution in [0, 0.1) is 0 Å². The van der Waals surface area contributed by atoms with Gasteiger partial charge in [0, 0.05) is 12.3 Å². The minimum atomic E-state index is -0.517. The number of aromatic nitrogens is 1. The Bertz CT molecular complexity index is 466. The lowest BCUT2D eigenvalue weighted by molar-refractivity contribution is -0.148. The van der Waals surface area contributed by atoms with E-state index in [2.05, 4.69) is 9.72 Å². The van der Waals surface area contributed by atoms with Crippen molar-refractivity contribution >= 4 is 18.0 Å². The van der Waals surface area contributed by atoms with Crippen molar-refractivity contribution in [2.24, 2.45) is 0 Å². The van der Waals surface area contributed by atoms with E-state index in [1.165, 1.54) is 13.2 Å². The first-order valence-corrected chi connectivity index (χ1v) is 5.49. The Kier molecular flexibility index (Phi) is 4.31. The molecule has 5 nitrogen and oxygen atoms in total. The number of carbonyl (C=O) groups excluding carboxylic acids is 2. The van der Waals surface area contributed by atoms with Gasteiger partial charge in [0.2, 0.25) is 0 Å². The Morgan fingerprint density at radius 1 is 1.33 bits per heavy atom. The molecular formula is C13H17NO4. The van der Waals surface area contributed by atoms with Crippen LogP contribution >= 0.6 is 0 Å². The summed E-state index contributed by atoms with van der Waals surface area (Å²) >= 11 is 0. The fourth-order valence-corrected chi connectivity index (χ4v) is 1.24. The molecule has 0 saturated carbocycles. The Morgan fingerprint density at radius 2 is 2.00 bits per heavy atom. The maximum Gasteiger partial charge on any atom is 0.354 e. The number of methoxy groups -OCH3 is 1. The van der Waals surface area contributed by atoms with Gasteiger partial charge in [0.1, 0.15) is 11.3 Å². The van der Waals surface area contributed by atoms with Crippen LogP contribution in [0.5, 0.6) is 0 Å². The zero-order valence-corrected chi connectivity index (χ0v) is 10.9. The summed E-state index contributed by atoms with van der Waals surface area (Å²) < 4.78 is 9.66. The third-order valence-electron chi connectivity index (χ3n) is 1.93. The summed E-state index contributed by atoms with van der Waals surface area (Å²) in [7, 11) is 1.30. The van der Waals surface area contributed by atoms with Gasteiger partial charge in [0.25, 0.3) is 0 Å². The van der Waals surface area contributed by atoms with E-state index in [1.54, 1.807) is 39.1 Å². The number of H-pyrrole nitrogens is 1. The van der Waals surface area contributed by atoms with E-state index in [4.69, 9.17) is 4.74 Å². The molecule has 0 amide bonds. The quantitative estimate of drug-likeness (QED) is 0.660. The first kappa shape index (κ1) is 14.0. The van der Waals surface area contributed by atoms with Gasteiger partial charge in [0.15, 0.2) is 0 Å². The molecule has 0 bridgehead atoms. The Balaban J connectivity index is 2.65. The number of hydrogen-bond donors (Lipinski definition) is 1. The van der Waals surface area contributed by atoms with Crippen molar-refractivity contribution in [3.05, 3.63) is 29.6 Å². The lowest BCUT2D eigenvalue weighted by Gasteiger charge is -2.17. The Labute approximate surface area is 106 Å². The molecule has 1 N–H and O–H groups in total. The number of nitrogens with one attached hydrogen (secondary N) is 1. The second-order valence-electron chi connectivity index (χ2n) is 4.71. The smallest absolute Gasteiger partial charge is 0.354 e. The minimum absolute atomic E-state index is 0.335. The lowest BCUT2D eigenvalue weighted by Crippen LogP contribution is -2.22. The number of aromatic amines is 1. The molecule has 0 saturated heterocycles. The second-order valence-corrected chi connectivity index (χ2v) is 4.71. The average molecular weight is 251 g/mol. The third kappa shape index (κ3) is 4.45. The van der Waals surface area contributed by atoms with Gasteiger partial charge in [-0.25, -0.2) is 9.59 Å². The maximum absolute atomic E-state index is 11.4. The topological polar surface area (TPSA) is 68.4 Å². The molecule has 1 heterocycles. The van der Waals surface area contributed by atoms with Crippen LogP contribution in [0.25, 0.3) is 6.08 Å². The van der Waals surface area contributed by atoms with Crippen molar-refractivity contribution < 1.29 is 19.1 Å². The van der Waals surface area contributed by atoms with E-state index in [1.807, 2.05) is 0 Å². The second kappa shape index (κ2) is 5.53. The minimum Gasteiger partial charge on any atom is -0.464 e. The van der Waals surface area contributed by atoms with Gasteiger partial charge in [-0.05, 0) is 38.5 Å². The van der Waals surface area contributed by atoms with Crippen LogP contribution in [0.15, 0.2) is 18.3 Å². The zero-order valence-electron chi connectivity index (χ0n) is 10.9. The Hall–Kier alpha value is -2.04. The molecule has 0 atom stereocenters. The van der Waals surface area contributed by atoms with E-state index in [0.29, 0.717) is 11.3 Å². The van der Waals surface area contributed by atoms with Crippen molar-refractivity contribution in [1.82, 2.24) is 4.98 Å². The predicted molar refractivity (Wildman–Crippen MR) is 67.0 cm³/mol. The predicted octanol–water partition coefficient (Wildman–Crippen LogP) is 2.16. The molecule has 1 rings (SSSR count). The third-order valence-corrected chi connectivity index (χ3v) is 1.93. The van der Waals surface area contributed by atoms with Crippen LogP contribution in [-0.2, 0) is 14.3 Å². The van der Waals surface area contributed by atoms with Gasteiger partial charge in [-0.2, -0.15) is 0 Å². The summed E-state index contributed by atoms with van der Waals surface area (Å²) in [6, 6.07) is 1.59. The molecule has 0 aliphatic heterocycles. The normalized spacial score (nSPS) is 11.6. The van der Waals surface area contributed by atoms with Crippen LogP contribution in [0.4, 0.5) is 0 Å². The highest BCUT2D eigenvalue weighted by Gasteiger charge is 2.14. The zero-order chi connectivity index (χ0) is 13.8. The lowest BCUT2D eigenvalue weighted by atomic mass is 10.2. The van der Waals surface area contributed by atoms with Crippen LogP contribution in [0.3, 0.4) is 0 Å². The van der Waals surface area contributed by atoms with E-state index >= 15 is 0 Å². The first-order chi connectivity index (χ1) is 8.31. The summed E-state index contributed by atoms with van der Waals surface area (Å²) in [5.41, 5.74) is 0.513. The van der Waals surface area contributed by atoms with Crippen molar-refractivity contribution in [3.63, 3.8) is 0 Å². The van der Waals surface area contributed by atoms with Gasteiger partial charge in [-0.1, -0.05) is 0 Å². The summed E-state index contributed by atoms with van der Waals surface area (Å²) in [5, 5.41) is 0. The summed E-state index contributed by atoms with van der Waals surface area (Å²) in [4.78, 5) is 25.4. The molecule has 0 aliphatic carbocycles. The standard InChI is InChI=1S/C13H17NO4/c1-13(2,3)18-11(15)6-5-9-7-10(14-8-9)12(16)17-4/h5-8,14H,1-4H3/b6-5-. The van der Waals surface area contributed by atoms with Gasteiger partial charge >= 0.3 is 11.9 Å². The molecule has 0 spiro atoms. The van der Waals surface area contributed by atoms with Crippen molar-refractivity contribution in [2.75, 3.05) is 7.11 Å². The molecule has 18 heavy (non-hydrogen) atoms. The van der Waals surface area contributed by atoms with Gasteiger partial charge in [-0.15, -0.1) is 0 Å². The van der Waals surface area contributed by atoms with Crippen LogP contribution < -0.4 is 0 Å². The maximum atomic E-state index is 11.4. The van der Waals surface area contributed by atoms with Gasteiger partial charge in [0.05, 0.1) is 7.11 Å². The Morgan fingerprint density at radius 3 is 2.56 bits per heavy atom. The molecular weight excluding hydrogens is 234 g/mol. The van der Waals surface area contributed by atoms with Gasteiger partial charge < -0.3 is 14.5 Å². The van der Waals surface area contributed by atoms with Crippen LogP contribution in [-0.4, -0.2) is 29.6 Å². The van der Waals surface area contributed by atoms with E-state index in [9.17, 15) is 9.59 Å². The SMILES string of the molecule is COC(=O)c1cc(/C=C\C(=O)OC(C)(C)C)c[nH]1. The molecule has 0 aromatic carbocycles. The van der Waals surface area contributed by atoms with E-state index in [0.717, 1.165) is 0 Å². The molecule has 0 fully saturated rings. The number of esters is 2. The molecule has 0 unspecified atom stereocenters. The van der Waals surface area contributed by atoms with Crippen molar-refractivity contribution in [3.8, 4) is 0 Å². The summed E-state index contributed by atoms with van der Waals surface area (Å²) in [6.45, 7) is 5.39. The van der Waals surface area contributed by atoms with E-state index < -0.39 is 17.5 Å². The first-order valence-electron chi connectivity index (χ1n) is 5.49. The fraction of sp³-hybridized carbons (Fsp3) is 0.385. The highest BCUT2D eigenvalue weighted by Crippen LogP contribution is 2.10. The van der Waals surface area contributed by atoms with Crippen LogP contribution in [0.2, 0.25) is 0 Å². The summed E-state index contributed by atoms with van der Waals surface area (Å²) in [5.74, 6) is -0.879. The fourth-order valence-electron chi connectivity index (χ4n) is 1.24. The van der Waals surface area contributed by atoms with Crippen molar-refractivity contribution in [2.45, 2.75) is 26.4 Å². The highest BCUT2D eigenvalue weighted by molar-refractivity contribution is 5.90. The number of rotatable bonds is 3. The summed E-state index contributed by atoms with van der Waals surface area (Å²) in [6.07, 6.45) is 4.49.